The van der Waals surface area contributed by atoms with Crippen LogP contribution in [0.5, 0.6) is 0 Å². The van der Waals surface area contributed by atoms with Gasteiger partial charge in [0, 0.05) is 18.1 Å². The highest BCUT2D eigenvalue weighted by molar-refractivity contribution is 7.91. The van der Waals surface area contributed by atoms with Crippen LogP contribution in [0.1, 0.15) is 38.5 Å². The first kappa shape index (κ1) is 14.8. The number of rotatable bonds is 5. The molecule has 0 aromatic carbocycles. The Labute approximate surface area is 129 Å². The van der Waals surface area contributed by atoms with Gasteiger partial charge in [-0.2, -0.15) is 0 Å². The maximum absolute atomic E-state index is 12.2. The Morgan fingerprint density at radius 3 is 2.35 bits per heavy atom. The van der Waals surface area contributed by atoms with Crippen LogP contribution < -0.4 is 10.0 Å². The molecule has 2 saturated carbocycles. The van der Waals surface area contributed by atoms with Gasteiger partial charge in [-0.1, -0.05) is 24.4 Å². The molecule has 7 heteroatoms. The van der Waals surface area contributed by atoms with Gasteiger partial charge in [-0.05, 0) is 37.8 Å². The van der Waals surface area contributed by atoms with E-state index in [1.165, 1.54) is 25.7 Å². The monoisotopic (exact) mass is 334 g/mol. The van der Waals surface area contributed by atoms with E-state index in [0.29, 0.717) is 14.6 Å². The van der Waals surface area contributed by atoms with Crippen molar-refractivity contribution in [1.29, 1.82) is 0 Å². The largest absolute Gasteiger partial charge is 0.310 e. The van der Waals surface area contributed by atoms with Crippen LogP contribution in [0, 0.1) is 0 Å². The van der Waals surface area contributed by atoms with Crippen molar-refractivity contribution in [1.82, 2.24) is 10.0 Å². The summed E-state index contributed by atoms with van der Waals surface area (Å²) >= 11 is 6.91. The molecule has 2 aliphatic carbocycles. The van der Waals surface area contributed by atoms with E-state index >= 15 is 0 Å². The highest BCUT2D eigenvalue weighted by Gasteiger charge is 2.36. The van der Waals surface area contributed by atoms with Crippen LogP contribution >= 0.6 is 22.9 Å². The second-order valence-corrected chi connectivity index (χ2v) is 9.27. The Kier molecular flexibility index (Phi) is 4.38. The summed E-state index contributed by atoms with van der Waals surface area (Å²) in [5.74, 6) is 0. The summed E-state index contributed by atoms with van der Waals surface area (Å²) in [5, 5.41) is 3.60. The second-order valence-electron chi connectivity index (χ2n) is 5.62. The third-order valence-corrected chi connectivity index (χ3v) is 7.41. The fourth-order valence-corrected chi connectivity index (χ4v) is 5.75. The van der Waals surface area contributed by atoms with Crippen LogP contribution in [0.15, 0.2) is 16.3 Å². The SMILES string of the molecule is O=S(=O)(N[C@@H]1CC[C@@H]1NC1CCCC1)c1ccc(Cl)s1. The molecule has 0 saturated heterocycles. The van der Waals surface area contributed by atoms with Crippen molar-refractivity contribution >= 4 is 33.0 Å². The Hall–Kier alpha value is -0.140. The van der Waals surface area contributed by atoms with Gasteiger partial charge in [-0.3, -0.25) is 0 Å². The van der Waals surface area contributed by atoms with Crippen molar-refractivity contribution in [3.63, 3.8) is 0 Å². The topological polar surface area (TPSA) is 58.2 Å². The molecule has 0 radical (unpaired) electrons. The Balaban J connectivity index is 1.59. The van der Waals surface area contributed by atoms with Gasteiger partial charge >= 0.3 is 0 Å². The molecule has 0 bridgehead atoms. The van der Waals surface area contributed by atoms with Crippen molar-refractivity contribution in [3.8, 4) is 0 Å². The molecule has 2 atom stereocenters. The van der Waals surface area contributed by atoms with E-state index < -0.39 is 10.0 Å². The van der Waals surface area contributed by atoms with E-state index in [1.54, 1.807) is 12.1 Å². The summed E-state index contributed by atoms with van der Waals surface area (Å²) in [7, 11) is -3.42. The van der Waals surface area contributed by atoms with Gasteiger partial charge in [0.2, 0.25) is 10.0 Å². The predicted octanol–water partition coefficient (Wildman–Crippen LogP) is 2.74. The summed E-state index contributed by atoms with van der Waals surface area (Å²) in [6, 6.07) is 4.05. The molecular formula is C13H19ClN2O2S2. The number of thiophene rings is 1. The minimum Gasteiger partial charge on any atom is -0.310 e. The molecule has 112 valence electrons. The lowest BCUT2D eigenvalue weighted by Gasteiger charge is -2.39. The highest BCUT2D eigenvalue weighted by Crippen LogP contribution is 2.29. The quantitative estimate of drug-likeness (QED) is 0.870. The Bertz CT molecular complexity index is 567. The zero-order valence-corrected chi connectivity index (χ0v) is 13.5. The smallest absolute Gasteiger partial charge is 0.250 e. The fourth-order valence-electron chi connectivity index (χ4n) is 2.94. The van der Waals surface area contributed by atoms with E-state index in [1.807, 2.05) is 0 Å². The van der Waals surface area contributed by atoms with Crippen LogP contribution in [0.4, 0.5) is 0 Å². The van der Waals surface area contributed by atoms with E-state index in [9.17, 15) is 8.42 Å². The third kappa shape index (κ3) is 3.20. The fraction of sp³-hybridized carbons (Fsp3) is 0.692. The summed E-state index contributed by atoms with van der Waals surface area (Å²) in [4.78, 5) is 0. The zero-order valence-electron chi connectivity index (χ0n) is 11.1. The molecule has 1 heterocycles. The summed E-state index contributed by atoms with van der Waals surface area (Å²) in [5.41, 5.74) is 0. The summed E-state index contributed by atoms with van der Waals surface area (Å²) < 4.78 is 28.1. The van der Waals surface area contributed by atoms with Gasteiger partial charge in [-0.15, -0.1) is 11.3 Å². The number of nitrogens with one attached hydrogen (secondary N) is 2. The average molecular weight is 335 g/mol. The van der Waals surface area contributed by atoms with E-state index in [0.717, 1.165) is 24.2 Å². The van der Waals surface area contributed by atoms with Gasteiger partial charge in [-0.25, -0.2) is 13.1 Å². The molecule has 0 unspecified atom stereocenters. The van der Waals surface area contributed by atoms with Gasteiger partial charge in [0.25, 0.3) is 0 Å². The maximum atomic E-state index is 12.2. The van der Waals surface area contributed by atoms with Crippen LogP contribution in [-0.4, -0.2) is 26.5 Å². The summed E-state index contributed by atoms with van der Waals surface area (Å²) in [6.45, 7) is 0. The van der Waals surface area contributed by atoms with E-state index in [-0.39, 0.29) is 12.1 Å². The van der Waals surface area contributed by atoms with Gasteiger partial charge in [0.05, 0.1) is 4.34 Å². The Morgan fingerprint density at radius 1 is 1.10 bits per heavy atom. The molecule has 0 amide bonds. The molecular weight excluding hydrogens is 316 g/mol. The number of sulfonamides is 1. The second kappa shape index (κ2) is 5.93. The Morgan fingerprint density at radius 2 is 1.80 bits per heavy atom. The van der Waals surface area contributed by atoms with Crippen molar-refractivity contribution in [3.05, 3.63) is 16.5 Å². The highest BCUT2D eigenvalue weighted by atomic mass is 35.5. The number of halogens is 1. The summed E-state index contributed by atoms with van der Waals surface area (Å²) in [6.07, 6.45) is 6.97. The number of hydrogen-bond acceptors (Lipinski definition) is 4. The minimum absolute atomic E-state index is 0.0153. The molecule has 2 N–H and O–H groups in total. The van der Waals surface area contributed by atoms with Gasteiger partial charge in [0.1, 0.15) is 4.21 Å². The lowest BCUT2D eigenvalue weighted by Crippen LogP contribution is -2.58. The third-order valence-electron chi connectivity index (χ3n) is 4.20. The van der Waals surface area contributed by atoms with Crippen molar-refractivity contribution in [2.75, 3.05) is 0 Å². The predicted molar refractivity (Wildman–Crippen MR) is 81.9 cm³/mol. The molecule has 2 fully saturated rings. The molecule has 1 aromatic rings. The molecule has 3 rings (SSSR count). The van der Waals surface area contributed by atoms with Crippen molar-refractivity contribution < 1.29 is 8.42 Å². The first-order valence-corrected chi connectivity index (χ1v) is 9.76. The van der Waals surface area contributed by atoms with Gasteiger partial charge < -0.3 is 5.32 Å². The molecule has 4 nitrogen and oxygen atoms in total. The minimum atomic E-state index is -3.42. The van der Waals surface area contributed by atoms with Crippen LogP contribution in [0.25, 0.3) is 0 Å². The van der Waals surface area contributed by atoms with E-state index in [2.05, 4.69) is 10.0 Å². The maximum Gasteiger partial charge on any atom is 0.250 e. The average Bonchev–Trinajstić information content (AvgIpc) is 3.03. The first-order chi connectivity index (χ1) is 9.54. The van der Waals surface area contributed by atoms with Crippen LogP contribution in [-0.2, 0) is 10.0 Å². The van der Waals surface area contributed by atoms with Crippen molar-refractivity contribution in [2.45, 2.75) is 60.9 Å². The lowest BCUT2D eigenvalue weighted by molar-refractivity contribution is 0.243. The van der Waals surface area contributed by atoms with Gasteiger partial charge in [0.15, 0.2) is 0 Å². The standard InChI is InChI=1S/C13H19ClN2O2S2/c14-12-7-8-13(19-12)20(17,18)16-11-6-5-10(11)15-9-3-1-2-4-9/h7-11,15-16H,1-6H2/t10-,11+/m0/s1. The number of hydrogen-bond donors (Lipinski definition) is 2. The van der Waals surface area contributed by atoms with Crippen molar-refractivity contribution in [2.24, 2.45) is 0 Å². The molecule has 1 aromatic heterocycles. The molecule has 0 aliphatic heterocycles. The lowest BCUT2D eigenvalue weighted by atomic mass is 9.86. The molecule has 20 heavy (non-hydrogen) atoms. The molecule has 0 spiro atoms. The first-order valence-electron chi connectivity index (χ1n) is 7.08. The van der Waals surface area contributed by atoms with Crippen LogP contribution in [0.3, 0.4) is 0 Å². The van der Waals surface area contributed by atoms with E-state index in [4.69, 9.17) is 11.6 Å². The molecule has 2 aliphatic rings. The van der Waals surface area contributed by atoms with Crippen LogP contribution in [0.2, 0.25) is 4.34 Å². The zero-order chi connectivity index (χ0) is 14.2. The normalized spacial score (nSPS) is 27.6.